The van der Waals surface area contributed by atoms with Gasteiger partial charge in [-0.3, -0.25) is 5.10 Å². The number of rotatable bonds is 9. The van der Waals surface area contributed by atoms with Gasteiger partial charge < -0.3 is 29.9 Å². The van der Waals surface area contributed by atoms with Crippen molar-refractivity contribution < 1.29 is 20.1 Å². The van der Waals surface area contributed by atoms with Crippen LogP contribution < -0.4 is 15.7 Å². The average Bonchev–Trinajstić information content (AvgIpc) is 3.23. The molecule has 5 N–H and O–H groups in total. The number of hydrogen-bond donors (Lipinski definition) is 5. The van der Waals surface area contributed by atoms with Gasteiger partial charge in [-0.15, -0.1) is 0 Å². The van der Waals surface area contributed by atoms with Crippen LogP contribution in [0, 0.1) is 0 Å². The second kappa shape index (κ2) is 10.1. The van der Waals surface area contributed by atoms with Crippen LogP contribution in [-0.2, 0) is 6.54 Å². The molecule has 0 bridgehead atoms. The Labute approximate surface area is 193 Å². The molecule has 3 aromatic rings. The third-order valence-electron chi connectivity index (χ3n) is 5.60. The van der Waals surface area contributed by atoms with E-state index < -0.39 is 0 Å². The molecular weight excluding hydrogens is 424 g/mol. The van der Waals surface area contributed by atoms with Gasteiger partial charge in [0.05, 0.1) is 31.0 Å². The first-order valence-electron chi connectivity index (χ1n) is 11.2. The molecule has 2 aromatic heterocycles. The van der Waals surface area contributed by atoms with Crippen LogP contribution in [0.25, 0.3) is 11.0 Å². The summed E-state index contributed by atoms with van der Waals surface area (Å²) >= 11 is 0. The summed E-state index contributed by atoms with van der Waals surface area (Å²) in [5.74, 6) is 0.301. The van der Waals surface area contributed by atoms with E-state index in [9.17, 15) is 15.3 Å². The normalized spacial score (nSPS) is 13.3. The maximum atomic E-state index is 10.4. The number of aromatic amines is 1. The maximum absolute atomic E-state index is 10.4. The second-order valence-corrected chi connectivity index (χ2v) is 8.56. The van der Waals surface area contributed by atoms with Crippen LogP contribution in [-0.4, -0.2) is 54.8 Å². The first-order valence-corrected chi connectivity index (χ1v) is 11.2. The SMILES string of the molecule is CCC(CO)N=c1nc(NCc2ccc(OC)c(O)c2O)c2n[nH]c(C(C)C)c2n1C(C)C. The third-order valence-corrected chi connectivity index (χ3v) is 5.60. The number of benzene rings is 1. The van der Waals surface area contributed by atoms with E-state index in [-0.39, 0.29) is 48.4 Å². The first kappa shape index (κ1) is 24.4. The van der Waals surface area contributed by atoms with Gasteiger partial charge in [-0.25, -0.2) is 4.99 Å². The molecule has 0 spiro atoms. The summed E-state index contributed by atoms with van der Waals surface area (Å²) in [6, 6.07) is 3.04. The Balaban J connectivity index is 2.18. The molecule has 3 rings (SSSR count). The molecule has 1 atom stereocenters. The topological polar surface area (TPSA) is 141 Å². The van der Waals surface area contributed by atoms with Gasteiger partial charge in [0, 0.05) is 18.2 Å². The van der Waals surface area contributed by atoms with Crippen molar-refractivity contribution in [3.05, 3.63) is 29.0 Å². The van der Waals surface area contributed by atoms with Crippen LogP contribution in [0.4, 0.5) is 5.82 Å². The van der Waals surface area contributed by atoms with Gasteiger partial charge in [0.1, 0.15) is 0 Å². The summed E-state index contributed by atoms with van der Waals surface area (Å²) in [6.45, 7) is 10.4. The number of ether oxygens (including phenoxy) is 1. The Morgan fingerprint density at radius 2 is 1.91 bits per heavy atom. The Morgan fingerprint density at radius 3 is 2.48 bits per heavy atom. The number of aromatic hydroxyl groups is 2. The van der Waals surface area contributed by atoms with Gasteiger partial charge in [-0.05, 0) is 38.3 Å². The monoisotopic (exact) mass is 458 g/mol. The van der Waals surface area contributed by atoms with E-state index in [4.69, 9.17) is 14.7 Å². The highest BCUT2D eigenvalue weighted by molar-refractivity contribution is 5.87. The molecule has 0 aliphatic heterocycles. The molecule has 0 amide bonds. The zero-order chi connectivity index (χ0) is 24.3. The minimum absolute atomic E-state index is 0.0571. The molecule has 1 aromatic carbocycles. The summed E-state index contributed by atoms with van der Waals surface area (Å²) in [5, 5.41) is 41.1. The fourth-order valence-corrected chi connectivity index (χ4v) is 3.69. The van der Waals surface area contributed by atoms with E-state index in [0.29, 0.717) is 28.9 Å². The van der Waals surface area contributed by atoms with E-state index in [0.717, 1.165) is 11.2 Å². The van der Waals surface area contributed by atoms with Crippen LogP contribution >= 0.6 is 0 Å². The molecule has 0 aliphatic carbocycles. The van der Waals surface area contributed by atoms with E-state index in [2.05, 4.69) is 43.2 Å². The van der Waals surface area contributed by atoms with Crippen molar-refractivity contribution in [3.8, 4) is 17.2 Å². The molecule has 10 nitrogen and oxygen atoms in total. The van der Waals surface area contributed by atoms with Gasteiger partial charge in [0.25, 0.3) is 0 Å². The molecule has 10 heteroatoms. The number of hydrogen-bond acceptors (Lipinski definition) is 8. The highest BCUT2D eigenvalue weighted by atomic mass is 16.5. The molecule has 0 saturated carbocycles. The number of aliphatic hydroxyl groups is 1. The lowest BCUT2D eigenvalue weighted by Crippen LogP contribution is -2.30. The average molecular weight is 459 g/mol. The zero-order valence-electron chi connectivity index (χ0n) is 20.0. The molecule has 33 heavy (non-hydrogen) atoms. The van der Waals surface area contributed by atoms with Gasteiger partial charge in [-0.1, -0.05) is 20.8 Å². The predicted octanol–water partition coefficient (Wildman–Crippen LogP) is 3.17. The van der Waals surface area contributed by atoms with Crippen molar-refractivity contribution in [3.63, 3.8) is 0 Å². The molecule has 180 valence electrons. The first-order chi connectivity index (χ1) is 15.7. The molecule has 0 saturated heterocycles. The lowest BCUT2D eigenvalue weighted by molar-refractivity contribution is 0.260. The number of aliphatic hydroxyl groups excluding tert-OH is 1. The summed E-state index contributed by atoms with van der Waals surface area (Å²) in [6.07, 6.45) is 0.679. The fourth-order valence-electron chi connectivity index (χ4n) is 3.69. The molecule has 2 heterocycles. The standard InChI is InChI=1S/C23H34N6O4/c1-7-15(11-30)25-23-26-22(24-10-14-8-9-16(33-6)21(32)20(14)31)18-19(29(23)13(4)5)17(12(2)3)27-28-18/h8-9,12-13,15,30-32H,7,10-11H2,1-6H3,(H,27,28)(H,24,25,26). The van der Waals surface area contributed by atoms with Crippen molar-refractivity contribution in [1.29, 1.82) is 0 Å². The smallest absolute Gasteiger partial charge is 0.227 e. The van der Waals surface area contributed by atoms with Crippen LogP contribution in [0.1, 0.15) is 64.3 Å². The Bertz CT molecular complexity index is 1180. The fraction of sp³-hybridized carbons (Fsp3) is 0.522. The van der Waals surface area contributed by atoms with E-state index in [1.165, 1.54) is 7.11 Å². The molecular formula is C23H34N6O4. The van der Waals surface area contributed by atoms with Crippen molar-refractivity contribution in [2.45, 2.75) is 65.6 Å². The maximum Gasteiger partial charge on any atom is 0.227 e. The lowest BCUT2D eigenvalue weighted by atomic mass is 10.1. The number of fused-ring (bicyclic) bond motifs is 1. The van der Waals surface area contributed by atoms with Crippen molar-refractivity contribution in [2.24, 2.45) is 4.99 Å². The summed E-state index contributed by atoms with van der Waals surface area (Å²) in [5.41, 5.74) is 3.48. The minimum Gasteiger partial charge on any atom is -0.504 e. The van der Waals surface area contributed by atoms with Gasteiger partial charge in [0.2, 0.25) is 11.4 Å². The number of phenols is 2. The van der Waals surface area contributed by atoms with Gasteiger partial charge >= 0.3 is 0 Å². The summed E-state index contributed by atoms with van der Waals surface area (Å²) < 4.78 is 7.08. The van der Waals surface area contributed by atoms with Gasteiger partial charge in [0.15, 0.2) is 22.8 Å². The Kier molecular flexibility index (Phi) is 7.47. The highest BCUT2D eigenvalue weighted by Gasteiger charge is 2.21. The van der Waals surface area contributed by atoms with Crippen LogP contribution in [0.5, 0.6) is 17.2 Å². The van der Waals surface area contributed by atoms with Gasteiger partial charge in [-0.2, -0.15) is 10.1 Å². The Hall–Kier alpha value is -3.27. The lowest BCUT2D eigenvalue weighted by Gasteiger charge is -2.18. The van der Waals surface area contributed by atoms with Crippen LogP contribution in [0.15, 0.2) is 17.1 Å². The van der Waals surface area contributed by atoms with Crippen molar-refractivity contribution in [2.75, 3.05) is 19.0 Å². The van der Waals surface area contributed by atoms with Crippen LogP contribution in [0.3, 0.4) is 0 Å². The number of nitrogens with zero attached hydrogens (tertiary/aromatic N) is 4. The largest absolute Gasteiger partial charge is 0.504 e. The summed E-state index contributed by atoms with van der Waals surface area (Å²) in [4.78, 5) is 9.49. The van der Waals surface area contributed by atoms with Crippen molar-refractivity contribution in [1.82, 2.24) is 19.7 Å². The minimum atomic E-state index is -0.313. The van der Waals surface area contributed by atoms with Crippen molar-refractivity contribution >= 4 is 16.9 Å². The number of nitrogens with one attached hydrogen (secondary N) is 2. The predicted molar refractivity (Wildman–Crippen MR) is 127 cm³/mol. The number of phenolic OH excluding ortho intramolecular Hbond substituents is 2. The molecule has 0 radical (unpaired) electrons. The highest BCUT2D eigenvalue weighted by Crippen LogP contribution is 2.38. The zero-order valence-corrected chi connectivity index (χ0v) is 20.0. The third kappa shape index (κ3) is 4.75. The number of anilines is 1. The van der Waals surface area contributed by atoms with Crippen LogP contribution in [0.2, 0.25) is 0 Å². The Morgan fingerprint density at radius 1 is 1.18 bits per heavy atom. The number of H-pyrrole nitrogens is 1. The van der Waals surface area contributed by atoms with E-state index in [1.807, 2.05) is 11.5 Å². The summed E-state index contributed by atoms with van der Waals surface area (Å²) in [7, 11) is 1.42. The second-order valence-electron chi connectivity index (χ2n) is 8.56. The number of aromatic nitrogens is 4. The number of methoxy groups -OCH3 is 1. The molecule has 1 unspecified atom stereocenters. The molecule has 0 fully saturated rings. The quantitative estimate of drug-likeness (QED) is 0.310. The van der Waals surface area contributed by atoms with E-state index >= 15 is 0 Å². The van der Waals surface area contributed by atoms with E-state index in [1.54, 1.807) is 12.1 Å². The molecule has 0 aliphatic rings.